The highest BCUT2D eigenvalue weighted by Crippen LogP contribution is 2.25. The van der Waals surface area contributed by atoms with E-state index in [1.807, 2.05) is 0 Å². The summed E-state index contributed by atoms with van der Waals surface area (Å²) in [6, 6.07) is 19.5. The molecule has 1 atom stereocenters. The van der Waals surface area contributed by atoms with Crippen molar-refractivity contribution in [1.82, 2.24) is 0 Å². The fourth-order valence-corrected chi connectivity index (χ4v) is 3.57. The number of hydrogen-bond acceptors (Lipinski definition) is 4. The standard InChI is InChI=1S/C24H18Cl3NO4/c25-17-8-6-15(7-9-17)21(29)10-11-22(30)32-23(16-4-2-1-3-5-16)24(31)28-20-13-18(26)12-19(27)14-20/h1-9,12-14,23H,10-11H2,(H,28,31). The predicted molar refractivity (Wildman–Crippen MR) is 125 cm³/mol. The molecular formula is C24H18Cl3NO4. The molecule has 3 aromatic rings. The molecule has 0 saturated carbocycles. The molecule has 0 aliphatic carbocycles. The number of hydrogen-bond donors (Lipinski definition) is 1. The molecule has 1 N–H and O–H groups in total. The molecule has 32 heavy (non-hydrogen) atoms. The molecule has 0 saturated heterocycles. The van der Waals surface area contributed by atoms with Crippen molar-refractivity contribution < 1.29 is 19.1 Å². The third-order valence-electron chi connectivity index (χ3n) is 4.44. The van der Waals surface area contributed by atoms with E-state index in [0.29, 0.717) is 31.9 Å². The Morgan fingerprint density at radius 3 is 2.03 bits per heavy atom. The minimum absolute atomic E-state index is 0.0620. The molecule has 3 rings (SSSR count). The average Bonchev–Trinajstić information content (AvgIpc) is 2.76. The van der Waals surface area contributed by atoms with Crippen LogP contribution < -0.4 is 5.32 Å². The lowest BCUT2D eigenvalue weighted by Gasteiger charge is -2.18. The van der Waals surface area contributed by atoms with Crippen LogP contribution in [0.15, 0.2) is 72.8 Å². The Labute approximate surface area is 200 Å². The van der Waals surface area contributed by atoms with E-state index in [-0.39, 0.29) is 18.6 Å². The van der Waals surface area contributed by atoms with Crippen molar-refractivity contribution in [2.45, 2.75) is 18.9 Å². The SMILES string of the molecule is O=C(CCC(=O)c1ccc(Cl)cc1)OC(C(=O)Nc1cc(Cl)cc(Cl)c1)c1ccccc1. The van der Waals surface area contributed by atoms with E-state index < -0.39 is 18.0 Å². The van der Waals surface area contributed by atoms with Gasteiger partial charge in [-0.3, -0.25) is 14.4 Å². The van der Waals surface area contributed by atoms with E-state index in [1.165, 1.54) is 18.2 Å². The summed E-state index contributed by atoms with van der Waals surface area (Å²) in [6.45, 7) is 0. The largest absolute Gasteiger partial charge is 0.447 e. The molecule has 0 spiro atoms. The Kier molecular flexibility index (Phi) is 8.28. The van der Waals surface area contributed by atoms with Crippen LogP contribution in [-0.4, -0.2) is 17.7 Å². The molecule has 3 aromatic carbocycles. The molecule has 164 valence electrons. The van der Waals surface area contributed by atoms with Crippen LogP contribution in [0.25, 0.3) is 0 Å². The quantitative estimate of drug-likeness (QED) is 0.288. The van der Waals surface area contributed by atoms with Crippen LogP contribution in [0, 0.1) is 0 Å². The van der Waals surface area contributed by atoms with Crippen LogP contribution in [0.4, 0.5) is 5.69 Å². The van der Waals surface area contributed by atoms with Gasteiger partial charge in [0.25, 0.3) is 5.91 Å². The van der Waals surface area contributed by atoms with Crippen LogP contribution >= 0.6 is 34.8 Å². The number of ketones is 1. The van der Waals surface area contributed by atoms with Gasteiger partial charge in [-0.1, -0.05) is 65.1 Å². The Morgan fingerprint density at radius 2 is 1.41 bits per heavy atom. The highest BCUT2D eigenvalue weighted by Gasteiger charge is 2.25. The molecule has 0 heterocycles. The van der Waals surface area contributed by atoms with Crippen LogP contribution in [0.3, 0.4) is 0 Å². The van der Waals surface area contributed by atoms with Gasteiger partial charge in [-0.05, 0) is 42.5 Å². The maximum atomic E-state index is 12.9. The molecular weight excluding hydrogens is 473 g/mol. The van der Waals surface area contributed by atoms with Crippen LogP contribution in [0.5, 0.6) is 0 Å². The first-order valence-electron chi connectivity index (χ1n) is 9.62. The number of esters is 1. The first kappa shape index (κ1) is 23.8. The summed E-state index contributed by atoms with van der Waals surface area (Å²) in [5.74, 6) is -1.49. The summed E-state index contributed by atoms with van der Waals surface area (Å²) in [5.41, 5.74) is 1.29. The number of carbonyl (C=O) groups is 3. The Balaban J connectivity index is 1.68. The lowest BCUT2D eigenvalue weighted by atomic mass is 10.1. The van der Waals surface area contributed by atoms with Crippen molar-refractivity contribution in [3.05, 3.63) is 99.0 Å². The molecule has 0 aliphatic heterocycles. The third kappa shape index (κ3) is 6.82. The van der Waals surface area contributed by atoms with Gasteiger partial charge in [0, 0.05) is 38.3 Å². The van der Waals surface area contributed by atoms with Gasteiger partial charge in [0.1, 0.15) is 0 Å². The van der Waals surface area contributed by atoms with E-state index in [0.717, 1.165) is 0 Å². The zero-order chi connectivity index (χ0) is 23.1. The van der Waals surface area contributed by atoms with Gasteiger partial charge < -0.3 is 10.1 Å². The summed E-state index contributed by atoms with van der Waals surface area (Å²) in [4.78, 5) is 37.7. The second-order valence-electron chi connectivity index (χ2n) is 6.86. The van der Waals surface area contributed by atoms with Crippen LogP contribution in [-0.2, 0) is 14.3 Å². The van der Waals surface area contributed by atoms with Crippen molar-refractivity contribution in [1.29, 1.82) is 0 Å². The molecule has 1 amide bonds. The van der Waals surface area contributed by atoms with Gasteiger partial charge in [0.15, 0.2) is 5.78 Å². The Bertz CT molecular complexity index is 1100. The number of Topliss-reactive ketones (excluding diaryl/α,β-unsaturated/α-hetero) is 1. The van der Waals surface area contributed by atoms with E-state index in [4.69, 9.17) is 39.5 Å². The summed E-state index contributed by atoms with van der Waals surface area (Å²) in [5, 5.41) is 3.87. The number of anilines is 1. The summed E-state index contributed by atoms with van der Waals surface area (Å²) in [6.07, 6.45) is -1.46. The van der Waals surface area contributed by atoms with Crippen molar-refractivity contribution in [2.75, 3.05) is 5.32 Å². The zero-order valence-electron chi connectivity index (χ0n) is 16.7. The Hall–Kier alpha value is -2.86. The van der Waals surface area contributed by atoms with Crippen molar-refractivity contribution in [3.8, 4) is 0 Å². The Morgan fingerprint density at radius 1 is 0.781 bits per heavy atom. The van der Waals surface area contributed by atoms with Gasteiger partial charge in [0.2, 0.25) is 6.10 Å². The minimum atomic E-state index is -1.22. The van der Waals surface area contributed by atoms with Crippen molar-refractivity contribution >= 4 is 58.1 Å². The normalized spacial score (nSPS) is 11.5. The zero-order valence-corrected chi connectivity index (χ0v) is 19.0. The predicted octanol–water partition coefficient (Wildman–Crippen LogP) is 6.53. The molecule has 8 heteroatoms. The van der Waals surface area contributed by atoms with E-state index >= 15 is 0 Å². The highest BCUT2D eigenvalue weighted by molar-refractivity contribution is 6.35. The third-order valence-corrected chi connectivity index (χ3v) is 5.13. The first-order valence-corrected chi connectivity index (χ1v) is 10.8. The molecule has 0 bridgehead atoms. The summed E-state index contributed by atoms with van der Waals surface area (Å²) < 4.78 is 5.45. The minimum Gasteiger partial charge on any atom is -0.447 e. The molecule has 0 fully saturated rings. The molecule has 0 radical (unpaired) electrons. The summed E-state index contributed by atoms with van der Waals surface area (Å²) >= 11 is 17.8. The van der Waals surface area contributed by atoms with E-state index in [1.54, 1.807) is 54.6 Å². The maximum absolute atomic E-state index is 12.9. The first-order chi connectivity index (χ1) is 15.3. The number of benzene rings is 3. The lowest BCUT2D eigenvalue weighted by molar-refractivity contribution is -0.154. The van der Waals surface area contributed by atoms with Crippen LogP contribution in [0.2, 0.25) is 15.1 Å². The number of rotatable bonds is 8. The van der Waals surface area contributed by atoms with Gasteiger partial charge >= 0.3 is 5.97 Å². The monoisotopic (exact) mass is 489 g/mol. The molecule has 0 aliphatic rings. The molecule has 0 aromatic heterocycles. The van der Waals surface area contributed by atoms with Crippen LogP contribution in [0.1, 0.15) is 34.9 Å². The lowest BCUT2D eigenvalue weighted by Crippen LogP contribution is -2.26. The summed E-state index contributed by atoms with van der Waals surface area (Å²) in [7, 11) is 0. The second kappa shape index (κ2) is 11.1. The van der Waals surface area contributed by atoms with E-state index in [9.17, 15) is 14.4 Å². The number of carbonyl (C=O) groups excluding carboxylic acids is 3. The molecule has 1 unspecified atom stereocenters. The van der Waals surface area contributed by atoms with Gasteiger partial charge in [0.05, 0.1) is 6.42 Å². The van der Waals surface area contributed by atoms with Gasteiger partial charge in [-0.25, -0.2) is 0 Å². The fraction of sp³-hybridized carbons (Fsp3) is 0.125. The average molecular weight is 491 g/mol. The van der Waals surface area contributed by atoms with Crippen molar-refractivity contribution in [2.24, 2.45) is 0 Å². The smallest absolute Gasteiger partial charge is 0.307 e. The number of amides is 1. The second-order valence-corrected chi connectivity index (χ2v) is 8.17. The van der Waals surface area contributed by atoms with Gasteiger partial charge in [-0.2, -0.15) is 0 Å². The fourth-order valence-electron chi connectivity index (χ4n) is 2.92. The maximum Gasteiger partial charge on any atom is 0.307 e. The number of nitrogens with one attached hydrogen (secondary N) is 1. The number of halogens is 3. The van der Waals surface area contributed by atoms with Crippen molar-refractivity contribution in [3.63, 3.8) is 0 Å². The topological polar surface area (TPSA) is 72.5 Å². The van der Waals surface area contributed by atoms with Gasteiger partial charge in [-0.15, -0.1) is 0 Å². The number of ether oxygens (including phenoxy) is 1. The molecule has 5 nitrogen and oxygen atoms in total. The highest BCUT2D eigenvalue weighted by atomic mass is 35.5. The van der Waals surface area contributed by atoms with E-state index in [2.05, 4.69) is 5.32 Å².